The summed E-state index contributed by atoms with van der Waals surface area (Å²) in [4.78, 5) is 22.5. The van der Waals surface area contributed by atoms with Gasteiger partial charge in [-0.3, -0.25) is 9.59 Å². The highest BCUT2D eigenvalue weighted by atomic mass is 16.7. The zero-order valence-corrected chi connectivity index (χ0v) is 20.7. The summed E-state index contributed by atoms with van der Waals surface area (Å²) in [5, 5.41) is 11.3. The summed E-state index contributed by atoms with van der Waals surface area (Å²) >= 11 is 0. The number of carbonyl (C=O) groups is 2. The van der Waals surface area contributed by atoms with Crippen LogP contribution < -0.4 is 11.1 Å². The Kier molecular flexibility index (Phi) is 22.1. The minimum atomic E-state index is -0.964. The Labute approximate surface area is 196 Å². The van der Waals surface area contributed by atoms with Crippen molar-refractivity contribution in [3.8, 4) is 0 Å². The van der Waals surface area contributed by atoms with Crippen molar-refractivity contribution < 1.29 is 24.2 Å². The molecule has 0 saturated carbocycles. The van der Waals surface area contributed by atoms with Crippen molar-refractivity contribution in [3.63, 3.8) is 0 Å². The Morgan fingerprint density at radius 2 is 1.34 bits per heavy atom. The summed E-state index contributed by atoms with van der Waals surface area (Å²) < 4.78 is 11.0. The molecule has 4 N–H and O–H groups in total. The minimum absolute atomic E-state index is 0.104. The van der Waals surface area contributed by atoms with Gasteiger partial charge in [-0.2, -0.15) is 0 Å². The van der Waals surface area contributed by atoms with Gasteiger partial charge in [-0.05, 0) is 19.3 Å². The standard InChI is InChI=1S/C25H50N2O5/c1-3-5-6-7-8-9-10-11-12-13-14-15-16-17-20-31-21-32-23(4-2)27-25(30)22(26)18-19-24(28)29/h22-23H,3-21,26H2,1-2H3,(H,27,30)(H,28,29). The number of rotatable bonds is 24. The molecule has 2 unspecified atom stereocenters. The molecule has 0 aliphatic rings. The number of amides is 1. The third kappa shape index (κ3) is 20.7. The lowest BCUT2D eigenvalue weighted by molar-refractivity contribution is -0.137. The maximum atomic E-state index is 12.0. The first-order valence-corrected chi connectivity index (χ1v) is 13.0. The van der Waals surface area contributed by atoms with Crippen molar-refractivity contribution in [1.29, 1.82) is 0 Å². The van der Waals surface area contributed by atoms with E-state index in [9.17, 15) is 9.59 Å². The number of unbranched alkanes of at least 4 members (excludes halogenated alkanes) is 13. The van der Waals surface area contributed by atoms with Crippen LogP contribution in [0.1, 0.15) is 123 Å². The Hall–Kier alpha value is -1.18. The molecular weight excluding hydrogens is 408 g/mol. The molecule has 0 saturated heterocycles. The summed E-state index contributed by atoms with van der Waals surface area (Å²) in [6.07, 6.45) is 18.7. The lowest BCUT2D eigenvalue weighted by Gasteiger charge is -2.20. The van der Waals surface area contributed by atoms with Crippen LogP contribution >= 0.6 is 0 Å². The molecule has 1 amide bonds. The molecule has 0 fully saturated rings. The fourth-order valence-electron chi connectivity index (χ4n) is 3.53. The molecule has 0 aromatic carbocycles. The number of carbonyl (C=O) groups excluding carboxylic acids is 1. The molecular formula is C25H50N2O5. The zero-order chi connectivity index (χ0) is 23.9. The van der Waals surface area contributed by atoms with E-state index in [1.807, 2.05) is 6.92 Å². The topological polar surface area (TPSA) is 111 Å². The number of carboxylic acids is 1. The highest BCUT2D eigenvalue weighted by molar-refractivity contribution is 5.82. The van der Waals surface area contributed by atoms with E-state index in [4.69, 9.17) is 20.3 Å². The molecule has 32 heavy (non-hydrogen) atoms. The van der Waals surface area contributed by atoms with E-state index in [1.54, 1.807) is 0 Å². The van der Waals surface area contributed by atoms with Gasteiger partial charge >= 0.3 is 5.97 Å². The van der Waals surface area contributed by atoms with Crippen LogP contribution in [0.3, 0.4) is 0 Å². The second kappa shape index (κ2) is 23.0. The first-order chi connectivity index (χ1) is 15.5. The van der Waals surface area contributed by atoms with Crippen molar-refractivity contribution in [1.82, 2.24) is 5.32 Å². The van der Waals surface area contributed by atoms with Crippen LogP contribution in [-0.2, 0) is 19.1 Å². The molecule has 2 atom stereocenters. The summed E-state index contributed by atoms with van der Waals surface area (Å²) in [5.74, 6) is -1.36. The van der Waals surface area contributed by atoms with Crippen LogP contribution in [0, 0.1) is 0 Å². The molecule has 0 aliphatic carbocycles. The van der Waals surface area contributed by atoms with Gasteiger partial charge in [-0.25, -0.2) is 0 Å². The van der Waals surface area contributed by atoms with Crippen LogP contribution in [0.15, 0.2) is 0 Å². The van der Waals surface area contributed by atoms with Crippen molar-refractivity contribution in [2.24, 2.45) is 5.73 Å². The molecule has 7 heteroatoms. The van der Waals surface area contributed by atoms with Crippen LogP contribution in [0.25, 0.3) is 0 Å². The minimum Gasteiger partial charge on any atom is -0.481 e. The number of nitrogens with two attached hydrogens (primary N) is 1. The highest BCUT2D eigenvalue weighted by Crippen LogP contribution is 2.13. The van der Waals surface area contributed by atoms with E-state index in [0.29, 0.717) is 13.0 Å². The average molecular weight is 459 g/mol. The van der Waals surface area contributed by atoms with Gasteiger partial charge in [0.15, 0.2) is 0 Å². The van der Waals surface area contributed by atoms with Gasteiger partial charge in [-0.15, -0.1) is 0 Å². The van der Waals surface area contributed by atoms with E-state index < -0.39 is 24.1 Å². The largest absolute Gasteiger partial charge is 0.481 e. The highest BCUT2D eigenvalue weighted by Gasteiger charge is 2.18. The lowest BCUT2D eigenvalue weighted by Crippen LogP contribution is -2.46. The molecule has 0 rings (SSSR count). The van der Waals surface area contributed by atoms with Crippen molar-refractivity contribution >= 4 is 11.9 Å². The van der Waals surface area contributed by atoms with E-state index >= 15 is 0 Å². The molecule has 0 spiro atoms. The maximum absolute atomic E-state index is 12.0. The lowest BCUT2D eigenvalue weighted by atomic mass is 10.0. The van der Waals surface area contributed by atoms with Gasteiger partial charge in [0.1, 0.15) is 13.0 Å². The molecule has 0 bridgehead atoms. The van der Waals surface area contributed by atoms with E-state index in [1.165, 1.54) is 83.5 Å². The SMILES string of the molecule is CCCCCCCCCCCCCCCCOCOC(CC)NC(=O)C(N)CCC(=O)O. The van der Waals surface area contributed by atoms with Crippen LogP contribution in [0.4, 0.5) is 0 Å². The molecule has 0 aromatic rings. The fraction of sp³-hybridized carbons (Fsp3) is 0.920. The van der Waals surface area contributed by atoms with Gasteiger partial charge in [-0.1, -0.05) is 97.3 Å². The second-order valence-corrected chi connectivity index (χ2v) is 8.73. The summed E-state index contributed by atoms with van der Waals surface area (Å²) in [7, 11) is 0. The Balaban J connectivity index is 3.45. The van der Waals surface area contributed by atoms with Gasteiger partial charge in [0, 0.05) is 13.0 Å². The quantitative estimate of drug-likeness (QED) is 0.130. The summed E-state index contributed by atoms with van der Waals surface area (Å²) in [6.45, 7) is 4.93. The van der Waals surface area contributed by atoms with Gasteiger partial charge in [0.25, 0.3) is 0 Å². The Morgan fingerprint density at radius 3 is 1.81 bits per heavy atom. The predicted molar refractivity (Wildman–Crippen MR) is 129 cm³/mol. The first-order valence-electron chi connectivity index (χ1n) is 13.0. The number of ether oxygens (including phenoxy) is 2. The van der Waals surface area contributed by atoms with Crippen LogP contribution in [0.2, 0.25) is 0 Å². The number of nitrogens with one attached hydrogen (secondary N) is 1. The first kappa shape index (κ1) is 30.8. The molecule has 0 radical (unpaired) electrons. The van der Waals surface area contributed by atoms with Crippen LogP contribution in [-0.4, -0.2) is 42.7 Å². The smallest absolute Gasteiger partial charge is 0.303 e. The van der Waals surface area contributed by atoms with E-state index in [2.05, 4.69) is 12.2 Å². The van der Waals surface area contributed by atoms with Gasteiger partial charge in [0.2, 0.25) is 5.91 Å². The second-order valence-electron chi connectivity index (χ2n) is 8.73. The maximum Gasteiger partial charge on any atom is 0.303 e. The van der Waals surface area contributed by atoms with Gasteiger partial charge in [0.05, 0.1) is 6.04 Å². The number of hydrogen-bond donors (Lipinski definition) is 3. The van der Waals surface area contributed by atoms with E-state index in [0.717, 1.165) is 6.42 Å². The Bertz CT molecular complexity index is 448. The number of aliphatic carboxylic acids is 1. The van der Waals surface area contributed by atoms with Gasteiger partial charge < -0.3 is 25.6 Å². The van der Waals surface area contributed by atoms with Crippen LogP contribution in [0.5, 0.6) is 0 Å². The summed E-state index contributed by atoms with van der Waals surface area (Å²) in [5.41, 5.74) is 5.70. The van der Waals surface area contributed by atoms with E-state index in [-0.39, 0.29) is 19.6 Å². The fourth-order valence-corrected chi connectivity index (χ4v) is 3.53. The Morgan fingerprint density at radius 1 is 0.844 bits per heavy atom. The zero-order valence-electron chi connectivity index (χ0n) is 20.7. The molecule has 7 nitrogen and oxygen atoms in total. The average Bonchev–Trinajstić information content (AvgIpc) is 2.78. The molecule has 190 valence electrons. The summed E-state index contributed by atoms with van der Waals surface area (Å²) in [6, 6.07) is -0.847. The predicted octanol–water partition coefficient (Wildman–Crippen LogP) is 5.50. The van der Waals surface area contributed by atoms with Crippen molar-refractivity contribution in [2.45, 2.75) is 135 Å². The van der Waals surface area contributed by atoms with Crippen molar-refractivity contribution in [3.05, 3.63) is 0 Å². The number of carboxylic acid groups (broad SMARTS) is 1. The number of hydrogen-bond acceptors (Lipinski definition) is 5. The third-order valence-electron chi connectivity index (χ3n) is 5.67. The molecule has 0 aromatic heterocycles. The third-order valence-corrected chi connectivity index (χ3v) is 5.67. The monoisotopic (exact) mass is 458 g/mol. The molecule has 0 aliphatic heterocycles. The van der Waals surface area contributed by atoms with Crippen molar-refractivity contribution in [2.75, 3.05) is 13.4 Å². The molecule has 0 heterocycles. The normalized spacial score (nSPS) is 13.1.